The number of nitrogens with one attached hydrogen (secondary N) is 1. The summed E-state index contributed by atoms with van der Waals surface area (Å²) in [5.74, 6) is 0.756. The number of benzene rings is 2. The number of hydrogen-bond donors (Lipinski definition) is 3. The van der Waals surface area contributed by atoms with E-state index in [-0.39, 0.29) is 18.9 Å². The van der Waals surface area contributed by atoms with Crippen LogP contribution < -0.4 is 5.48 Å². The minimum absolute atomic E-state index is 0.251. The Bertz CT molecular complexity index is 1030. The quantitative estimate of drug-likeness (QED) is 0.496. The average molecular weight is 427 g/mol. The number of nitrogens with zero attached hydrogens (tertiary/aromatic N) is 1. The highest BCUT2D eigenvalue weighted by molar-refractivity contribution is 6.35. The van der Waals surface area contributed by atoms with E-state index in [9.17, 15) is 5.11 Å². The van der Waals surface area contributed by atoms with E-state index in [0.29, 0.717) is 12.8 Å². The summed E-state index contributed by atoms with van der Waals surface area (Å²) in [7, 11) is 0. The smallest absolute Gasteiger partial charge is 0.136 e. The number of aliphatic hydroxyl groups is 1. The maximum Gasteiger partial charge on any atom is 0.136 e. The number of hydroxylamine groups is 1. The summed E-state index contributed by atoms with van der Waals surface area (Å²) in [5.41, 5.74) is 7.01. The van der Waals surface area contributed by atoms with Gasteiger partial charge >= 0.3 is 0 Å². The molecule has 5 nitrogen and oxygen atoms in total. The van der Waals surface area contributed by atoms with Crippen LogP contribution in [0.4, 0.5) is 0 Å². The van der Waals surface area contributed by atoms with Crippen LogP contribution >= 0.6 is 11.6 Å². The van der Waals surface area contributed by atoms with Crippen LogP contribution in [0.15, 0.2) is 48.7 Å². The maximum absolute atomic E-state index is 10.4. The summed E-state index contributed by atoms with van der Waals surface area (Å²) in [6.07, 6.45) is 5.49. The largest absolute Gasteiger partial charge is 0.393 e. The molecule has 30 heavy (non-hydrogen) atoms. The van der Waals surface area contributed by atoms with E-state index in [1.54, 1.807) is 0 Å². The molecule has 6 heteroatoms. The summed E-state index contributed by atoms with van der Waals surface area (Å²) in [6.45, 7) is 0.285. The first kappa shape index (κ1) is 20.0. The number of aliphatic hydroxyl groups excluding tert-OH is 1. The van der Waals surface area contributed by atoms with Gasteiger partial charge in [0.15, 0.2) is 0 Å². The van der Waals surface area contributed by atoms with Gasteiger partial charge in [0.1, 0.15) is 6.23 Å². The van der Waals surface area contributed by atoms with Gasteiger partial charge in [0, 0.05) is 31.0 Å². The van der Waals surface area contributed by atoms with Crippen molar-refractivity contribution in [1.29, 1.82) is 0 Å². The monoisotopic (exact) mass is 426 g/mol. The van der Waals surface area contributed by atoms with Crippen molar-refractivity contribution in [2.75, 3.05) is 6.54 Å². The Labute approximate surface area is 181 Å². The fourth-order valence-corrected chi connectivity index (χ4v) is 4.93. The fourth-order valence-electron chi connectivity index (χ4n) is 4.64. The van der Waals surface area contributed by atoms with Crippen LogP contribution in [0.2, 0.25) is 5.02 Å². The predicted octanol–water partition coefficient (Wildman–Crippen LogP) is 4.78. The zero-order valence-corrected chi connectivity index (χ0v) is 17.6. The first-order valence-electron chi connectivity index (χ1n) is 10.7. The van der Waals surface area contributed by atoms with E-state index in [4.69, 9.17) is 21.5 Å². The number of hydrogen-bond acceptors (Lipinski definition) is 4. The summed E-state index contributed by atoms with van der Waals surface area (Å²) < 4.78 is 8.27. The second-order valence-electron chi connectivity index (χ2n) is 8.59. The van der Waals surface area contributed by atoms with Gasteiger partial charge < -0.3 is 19.6 Å². The number of ether oxygens (including phenoxy) is 1. The SMILES string of the molecule is ONC[C@@H]1C[C@H](O)C[C@H](n2cc(Cc3ccc(C4CC4)cc3)c3c(Cl)cccc32)O1. The summed E-state index contributed by atoms with van der Waals surface area (Å²) in [5, 5.41) is 21.2. The molecular formula is C24H27ClN2O3. The van der Waals surface area contributed by atoms with Crippen LogP contribution in [-0.2, 0) is 11.2 Å². The van der Waals surface area contributed by atoms with Gasteiger partial charge in [0.25, 0.3) is 0 Å². The van der Waals surface area contributed by atoms with Gasteiger partial charge in [-0.1, -0.05) is 41.9 Å². The highest BCUT2D eigenvalue weighted by atomic mass is 35.5. The lowest BCUT2D eigenvalue weighted by Crippen LogP contribution is -2.38. The molecule has 2 aliphatic rings. The van der Waals surface area contributed by atoms with Crippen LogP contribution in [-0.4, -0.2) is 33.6 Å². The van der Waals surface area contributed by atoms with E-state index in [1.165, 1.54) is 24.0 Å². The normalized spacial score (nSPS) is 24.4. The molecule has 2 heterocycles. The molecule has 1 saturated heterocycles. The molecular weight excluding hydrogens is 400 g/mol. The van der Waals surface area contributed by atoms with Crippen LogP contribution in [0.25, 0.3) is 10.9 Å². The second-order valence-corrected chi connectivity index (χ2v) is 9.00. The van der Waals surface area contributed by atoms with Crippen LogP contribution in [0, 0.1) is 0 Å². The molecule has 0 amide bonds. The van der Waals surface area contributed by atoms with Gasteiger partial charge in [-0.05, 0) is 54.0 Å². The van der Waals surface area contributed by atoms with Gasteiger partial charge in [-0.3, -0.25) is 0 Å². The molecule has 1 saturated carbocycles. The molecule has 0 unspecified atom stereocenters. The van der Waals surface area contributed by atoms with E-state index in [2.05, 4.69) is 40.5 Å². The van der Waals surface area contributed by atoms with Crippen molar-refractivity contribution in [2.45, 2.75) is 56.5 Å². The fraction of sp³-hybridized carbons (Fsp3) is 0.417. The number of fused-ring (bicyclic) bond motifs is 1. The molecule has 2 aromatic carbocycles. The van der Waals surface area contributed by atoms with Crippen molar-refractivity contribution in [3.8, 4) is 0 Å². The van der Waals surface area contributed by atoms with Crippen molar-refractivity contribution in [3.05, 3.63) is 70.4 Å². The topological polar surface area (TPSA) is 66.6 Å². The third kappa shape index (κ3) is 4.01. The molecule has 0 bridgehead atoms. The molecule has 0 radical (unpaired) electrons. The van der Waals surface area contributed by atoms with E-state index in [0.717, 1.165) is 33.8 Å². The first-order chi connectivity index (χ1) is 14.6. The summed E-state index contributed by atoms with van der Waals surface area (Å²) in [4.78, 5) is 0. The Kier molecular flexibility index (Phi) is 5.56. The van der Waals surface area contributed by atoms with Gasteiger partial charge in [0.2, 0.25) is 0 Å². The maximum atomic E-state index is 10.4. The summed E-state index contributed by atoms with van der Waals surface area (Å²) in [6, 6.07) is 14.9. The van der Waals surface area contributed by atoms with Crippen molar-refractivity contribution >= 4 is 22.5 Å². The van der Waals surface area contributed by atoms with Gasteiger partial charge in [-0.25, -0.2) is 5.48 Å². The van der Waals surface area contributed by atoms with Crippen molar-refractivity contribution < 1.29 is 15.1 Å². The Morgan fingerprint density at radius 1 is 1.10 bits per heavy atom. The molecule has 1 aliphatic heterocycles. The second kappa shape index (κ2) is 8.33. The van der Waals surface area contributed by atoms with Gasteiger partial charge in [-0.2, -0.15) is 0 Å². The Morgan fingerprint density at radius 2 is 1.90 bits per heavy atom. The lowest BCUT2D eigenvalue weighted by Gasteiger charge is -2.34. The zero-order chi connectivity index (χ0) is 20.7. The molecule has 2 fully saturated rings. The Morgan fingerprint density at radius 3 is 2.63 bits per heavy atom. The number of rotatable bonds is 6. The van der Waals surface area contributed by atoms with Crippen LogP contribution in [0.5, 0.6) is 0 Å². The molecule has 0 spiro atoms. The number of aromatic nitrogens is 1. The van der Waals surface area contributed by atoms with Crippen molar-refractivity contribution in [2.24, 2.45) is 0 Å². The minimum atomic E-state index is -0.475. The molecule has 3 aromatic rings. The molecule has 158 valence electrons. The molecule has 3 N–H and O–H groups in total. The molecule has 1 aliphatic carbocycles. The van der Waals surface area contributed by atoms with E-state index in [1.807, 2.05) is 18.2 Å². The summed E-state index contributed by atoms with van der Waals surface area (Å²) >= 11 is 6.62. The van der Waals surface area contributed by atoms with Crippen LogP contribution in [0.1, 0.15) is 54.5 Å². The highest BCUT2D eigenvalue weighted by Crippen LogP contribution is 2.40. The zero-order valence-electron chi connectivity index (χ0n) is 16.8. The van der Waals surface area contributed by atoms with Gasteiger partial charge in [0.05, 0.1) is 22.7 Å². The standard InChI is InChI=1S/C24H27ClN2O3/c25-21-2-1-3-22-24(21)18(10-15-4-6-16(7-5-15)17-8-9-17)14-27(22)23-12-19(28)11-20(30-23)13-26-29/h1-7,14,17,19-20,23,26,28-29H,8-13H2/t19-,20-,23+/m0/s1. The van der Waals surface area contributed by atoms with Crippen molar-refractivity contribution in [3.63, 3.8) is 0 Å². The molecule has 5 rings (SSSR count). The van der Waals surface area contributed by atoms with E-state index >= 15 is 0 Å². The predicted molar refractivity (Wildman–Crippen MR) is 117 cm³/mol. The average Bonchev–Trinajstić information content (AvgIpc) is 3.51. The lowest BCUT2D eigenvalue weighted by atomic mass is 10.0. The van der Waals surface area contributed by atoms with E-state index < -0.39 is 6.10 Å². The number of halogens is 1. The third-order valence-electron chi connectivity index (χ3n) is 6.30. The van der Waals surface area contributed by atoms with Crippen molar-refractivity contribution in [1.82, 2.24) is 10.0 Å². The first-order valence-corrected chi connectivity index (χ1v) is 11.1. The molecule has 1 aromatic heterocycles. The van der Waals surface area contributed by atoms with Crippen LogP contribution in [0.3, 0.4) is 0 Å². The lowest BCUT2D eigenvalue weighted by molar-refractivity contribution is -0.132. The minimum Gasteiger partial charge on any atom is -0.393 e. The molecule has 3 atom stereocenters. The highest BCUT2D eigenvalue weighted by Gasteiger charge is 2.30. The van der Waals surface area contributed by atoms with Gasteiger partial charge in [-0.15, -0.1) is 0 Å². The third-order valence-corrected chi connectivity index (χ3v) is 6.61. The Balaban J connectivity index is 1.48. The Hall–Kier alpha value is -1.89.